The van der Waals surface area contributed by atoms with Gasteiger partial charge in [-0.25, -0.2) is 0 Å². The van der Waals surface area contributed by atoms with Crippen molar-refractivity contribution in [3.8, 4) is 11.5 Å². The molecule has 0 aliphatic carbocycles. The highest BCUT2D eigenvalue weighted by molar-refractivity contribution is 5.88. The van der Waals surface area contributed by atoms with E-state index in [0.29, 0.717) is 0 Å². The SMILES string of the molecule is C1=COC(c2cccc(Oc3cccc4ccccc34)c2)O1. The predicted octanol–water partition coefficient (Wildman–Crippen LogP) is 5.15. The summed E-state index contributed by atoms with van der Waals surface area (Å²) in [6.45, 7) is 0. The van der Waals surface area contributed by atoms with E-state index in [-0.39, 0.29) is 0 Å². The Morgan fingerprint density at radius 1 is 0.773 bits per heavy atom. The molecule has 0 amide bonds. The summed E-state index contributed by atoms with van der Waals surface area (Å²) in [5.41, 5.74) is 0.919. The van der Waals surface area contributed by atoms with Gasteiger partial charge < -0.3 is 14.2 Å². The van der Waals surface area contributed by atoms with Crippen LogP contribution in [0.25, 0.3) is 10.8 Å². The van der Waals surface area contributed by atoms with Gasteiger partial charge in [-0.3, -0.25) is 0 Å². The van der Waals surface area contributed by atoms with Gasteiger partial charge in [-0.05, 0) is 23.6 Å². The van der Waals surface area contributed by atoms with Crippen molar-refractivity contribution in [2.45, 2.75) is 6.29 Å². The molecule has 0 spiro atoms. The number of hydrogen-bond acceptors (Lipinski definition) is 3. The lowest BCUT2D eigenvalue weighted by Gasteiger charge is -2.13. The van der Waals surface area contributed by atoms with Gasteiger partial charge in [0.1, 0.15) is 24.0 Å². The van der Waals surface area contributed by atoms with E-state index in [0.717, 1.165) is 27.8 Å². The molecule has 0 atom stereocenters. The van der Waals surface area contributed by atoms with Crippen LogP contribution in [0.5, 0.6) is 11.5 Å². The first kappa shape index (κ1) is 12.8. The molecule has 108 valence electrons. The van der Waals surface area contributed by atoms with Crippen LogP contribution in [0.2, 0.25) is 0 Å². The standard InChI is InChI=1S/C19H14O3/c1-2-9-17-14(5-1)6-4-10-18(17)22-16-8-3-7-15(13-16)19-20-11-12-21-19/h1-13,19H. The second-order valence-corrected chi connectivity index (χ2v) is 5.03. The van der Waals surface area contributed by atoms with Gasteiger partial charge >= 0.3 is 0 Å². The first-order chi connectivity index (χ1) is 10.9. The molecule has 1 heterocycles. The Morgan fingerprint density at radius 3 is 2.45 bits per heavy atom. The van der Waals surface area contributed by atoms with E-state index in [1.165, 1.54) is 0 Å². The summed E-state index contributed by atoms with van der Waals surface area (Å²) in [6, 6.07) is 21.9. The Kier molecular flexibility index (Phi) is 3.16. The van der Waals surface area contributed by atoms with E-state index in [2.05, 4.69) is 18.2 Å². The Labute approximate surface area is 128 Å². The van der Waals surface area contributed by atoms with E-state index in [1.54, 1.807) is 12.5 Å². The van der Waals surface area contributed by atoms with E-state index < -0.39 is 6.29 Å². The largest absolute Gasteiger partial charge is 0.457 e. The second-order valence-electron chi connectivity index (χ2n) is 5.03. The molecule has 3 aromatic rings. The summed E-state index contributed by atoms with van der Waals surface area (Å²) < 4.78 is 16.8. The molecule has 0 bridgehead atoms. The van der Waals surface area contributed by atoms with E-state index in [9.17, 15) is 0 Å². The fraction of sp³-hybridized carbons (Fsp3) is 0.0526. The average molecular weight is 290 g/mol. The van der Waals surface area contributed by atoms with E-state index in [1.807, 2.05) is 48.5 Å². The van der Waals surface area contributed by atoms with Crippen LogP contribution in [0.4, 0.5) is 0 Å². The molecular weight excluding hydrogens is 276 g/mol. The summed E-state index contributed by atoms with van der Waals surface area (Å²) in [4.78, 5) is 0. The fourth-order valence-corrected chi connectivity index (χ4v) is 2.53. The maximum atomic E-state index is 6.06. The van der Waals surface area contributed by atoms with Crippen molar-refractivity contribution in [1.29, 1.82) is 0 Å². The van der Waals surface area contributed by atoms with Crippen LogP contribution in [0.1, 0.15) is 11.9 Å². The zero-order valence-corrected chi connectivity index (χ0v) is 11.8. The number of benzene rings is 3. The summed E-state index contributed by atoms with van der Waals surface area (Å²) in [7, 11) is 0. The minimum absolute atomic E-state index is 0.393. The first-order valence-corrected chi connectivity index (χ1v) is 7.12. The number of rotatable bonds is 3. The van der Waals surface area contributed by atoms with Crippen molar-refractivity contribution in [1.82, 2.24) is 0 Å². The number of ether oxygens (including phenoxy) is 3. The van der Waals surface area contributed by atoms with Gasteiger partial charge in [0.05, 0.1) is 0 Å². The summed E-state index contributed by atoms with van der Waals surface area (Å²) in [5.74, 6) is 1.59. The van der Waals surface area contributed by atoms with Crippen LogP contribution >= 0.6 is 0 Å². The van der Waals surface area contributed by atoms with Crippen LogP contribution in [0.15, 0.2) is 79.3 Å². The van der Waals surface area contributed by atoms with Crippen molar-refractivity contribution >= 4 is 10.8 Å². The third kappa shape index (κ3) is 2.37. The normalized spacial score (nSPS) is 13.8. The monoisotopic (exact) mass is 290 g/mol. The lowest BCUT2D eigenvalue weighted by molar-refractivity contribution is -0.0246. The summed E-state index contributed by atoms with van der Waals surface area (Å²) in [6.07, 6.45) is 2.70. The van der Waals surface area contributed by atoms with E-state index >= 15 is 0 Å². The molecule has 3 heteroatoms. The van der Waals surface area contributed by atoms with Crippen molar-refractivity contribution < 1.29 is 14.2 Å². The Bertz CT molecular complexity index is 825. The van der Waals surface area contributed by atoms with Crippen molar-refractivity contribution in [3.63, 3.8) is 0 Å². The highest BCUT2D eigenvalue weighted by atomic mass is 16.7. The molecule has 4 rings (SSSR count). The first-order valence-electron chi connectivity index (χ1n) is 7.12. The lowest BCUT2D eigenvalue weighted by Crippen LogP contribution is -1.97. The van der Waals surface area contributed by atoms with Crippen LogP contribution in [0, 0.1) is 0 Å². The van der Waals surface area contributed by atoms with Crippen LogP contribution in [-0.4, -0.2) is 0 Å². The topological polar surface area (TPSA) is 27.7 Å². The molecule has 0 fully saturated rings. The predicted molar refractivity (Wildman–Crippen MR) is 84.5 cm³/mol. The van der Waals surface area contributed by atoms with Crippen LogP contribution in [-0.2, 0) is 9.47 Å². The highest BCUT2D eigenvalue weighted by Gasteiger charge is 2.16. The molecule has 1 aliphatic heterocycles. The zero-order valence-electron chi connectivity index (χ0n) is 11.8. The second kappa shape index (κ2) is 5.45. The van der Waals surface area contributed by atoms with Crippen LogP contribution < -0.4 is 4.74 Å². The fourth-order valence-electron chi connectivity index (χ4n) is 2.53. The molecule has 1 aliphatic rings. The third-order valence-electron chi connectivity index (χ3n) is 3.57. The van der Waals surface area contributed by atoms with Gasteiger partial charge in [0.15, 0.2) is 0 Å². The van der Waals surface area contributed by atoms with Crippen LogP contribution in [0.3, 0.4) is 0 Å². The van der Waals surface area contributed by atoms with Gasteiger partial charge in [-0.1, -0.05) is 48.5 Å². The minimum Gasteiger partial charge on any atom is -0.457 e. The Balaban J connectivity index is 1.66. The molecule has 0 saturated heterocycles. The molecule has 0 aromatic heterocycles. The molecular formula is C19H14O3. The van der Waals surface area contributed by atoms with Crippen molar-refractivity contribution in [2.75, 3.05) is 0 Å². The maximum Gasteiger partial charge on any atom is 0.266 e. The molecule has 0 saturated carbocycles. The van der Waals surface area contributed by atoms with Gasteiger partial charge in [-0.2, -0.15) is 0 Å². The Morgan fingerprint density at radius 2 is 1.55 bits per heavy atom. The van der Waals surface area contributed by atoms with E-state index in [4.69, 9.17) is 14.2 Å². The summed E-state index contributed by atoms with van der Waals surface area (Å²) in [5, 5.41) is 2.24. The Hall–Kier alpha value is -2.94. The molecule has 0 N–H and O–H groups in total. The summed E-state index contributed by atoms with van der Waals surface area (Å²) >= 11 is 0. The molecule has 3 nitrogen and oxygen atoms in total. The number of fused-ring (bicyclic) bond motifs is 1. The van der Waals surface area contributed by atoms with Gasteiger partial charge in [0, 0.05) is 10.9 Å². The van der Waals surface area contributed by atoms with Crippen molar-refractivity contribution in [2.24, 2.45) is 0 Å². The highest BCUT2D eigenvalue weighted by Crippen LogP contribution is 2.32. The molecule has 0 radical (unpaired) electrons. The molecule has 22 heavy (non-hydrogen) atoms. The molecule has 0 unspecified atom stereocenters. The van der Waals surface area contributed by atoms with Gasteiger partial charge in [0.2, 0.25) is 0 Å². The van der Waals surface area contributed by atoms with Crippen molar-refractivity contribution in [3.05, 3.63) is 84.8 Å². The number of hydrogen-bond donors (Lipinski definition) is 0. The minimum atomic E-state index is -0.393. The van der Waals surface area contributed by atoms with Gasteiger partial charge in [0.25, 0.3) is 6.29 Å². The quantitative estimate of drug-likeness (QED) is 0.667. The molecule has 3 aromatic carbocycles. The maximum absolute atomic E-state index is 6.06. The zero-order chi connectivity index (χ0) is 14.8. The van der Waals surface area contributed by atoms with Gasteiger partial charge in [-0.15, -0.1) is 0 Å². The smallest absolute Gasteiger partial charge is 0.266 e. The lowest BCUT2D eigenvalue weighted by atomic mass is 10.1. The third-order valence-corrected chi connectivity index (χ3v) is 3.57. The average Bonchev–Trinajstić information content (AvgIpc) is 3.10.